The number of benzene rings is 1. The van der Waals surface area contributed by atoms with Crippen LogP contribution in [0.3, 0.4) is 0 Å². The Balaban J connectivity index is 2.19. The SMILES string of the molecule is COc1cc(C)c(CSc2nnc(C)n2N)cc1OC. The zero-order chi connectivity index (χ0) is 14.7. The van der Waals surface area contributed by atoms with E-state index in [1.54, 1.807) is 14.2 Å². The third-order valence-electron chi connectivity index (χ3n) is 3.03. The molecule has 0 bridgehead atoms. The van der Waals surface area contributed by atoms with Crippen molar-refractivity contribution >= 4 is 11.8 Å². The van der Waals surface area contributed by atoms with Crippen molar-refractivity contribution in [3.63, 3.8) is 0 Å². The molecule has 0 saturated carbocycles. The van der Waals surface area contributed by atoms with Crippen molar-refractivity contribution in [1.29, 1.82) is 0 Å². The van der Waals surface area contributed by atoms with Gasteiger partial charge < -0.3 is 15.3 Å². The molecule has 1 aromatic carbocycles. The number of aromatic nitrogens is 3. The molecule has 0 radical (unpaired) electrons. The molecule has 0 saturated heterocycles. The van der Waals surface area contributed by atoms with Gasteiger partial charge in [0.05, 0.1) is 14.2 Å². The molecule has 0 amide bonds. The van der Waals surface area contributed by atoms with Gasteiger partial charge in [-0.05, 0) is 37.1 Å². The monoisotopic (exact) mass is 294 g/mol. The van der Waals surface area contributed by atoms with Gasteiger partial charge in [0.25, 0.3) is 0 Å². The van der Waals surface area contributed by atoms with Crippen LogP contribution in [0, 0.1) is 13.8 Å². The minimum atomic E-state index is 0.691. The summed E-state index contributed by atoms with van der Waals surface area (Å²) in [4.78, 5) is 0. The normalized spacial score (nSPS) is 10.6. The molecule has 1 heterocycles. The Hall–Kier alpha value is -1.89. The molecule has 0 aliphatic carbocycles. The summed E-state index contributed by atoms with van der Waals surface area (Å²) in [5, 5.41) is 8.66. The second kappa shape index (κ2) is 6.04. The van der Waals surface area contributed by atoms with Crippen molar-refractivity contribution in [2.45, 2.75) is 24.8 Å². The first-order chi connectivity index (χ1) is 9.56. The van der Waals surface area contributed by atoms with Crippen molar-refractivity contribution < 1.29 is 9.47 Å². The Morgan fingerprint density at radius 2 is 1.80 bits per heavy atom. The van der Waals surface area contributed by atoms with Gasteiger partial charge in [0, 0.05) is 5.75 Å². The highest BCUT2D eigenvalue weighted by atomic mass is 32.2. The van der Waals surface area contributed by atoms with Crippen LogP contribution in [0.15, 0.2) is 17.3 Å². The van der Waals surface area contributed by atoms with Gasteiger partial charge in [-0.2, -0.15) is 0 Å². The van der Waals surface area contributed by atoms with E-state index < -0.39 is 0 Å². The van der Waals surface area contributed by atoms with Crippen molar-refractivity contribution in [3.05, 3.63) is 29.1 Å². The number of aryl methyl sites for hydroxylation is 2. The molecular weight excluding hydrogens is 276 g/mol. The molecule has 2 N–H and O–H groups in total. The highest BCUT2D eigenvalue weighted by Crippen LogP contribution is 2.32. The van der Waals surface area contributed by atoms with E-state index in [1.165, 1.54) is 16.4 Å². The first-order valence-corrected chi connectivity index (χ1v) is 7.06. The fourth-order valence-electron chi connectivity index (χ4n) is 1.77. The van der Waals surface area contributed by atoms with E-state index in [9.17, 15) is 0 Å². The summed E-state index contributed by atoms with van der Waals surface area (Å²) in [7, 11) is 3.26. The maximum Gasteiger partial charge on any atom is 0.210 e. The predicted molar refractivity (Wildman–Crippen MR) is 78.8 cm³/mol. The minimum absolute atomic E-state index is 0.691. The Morgan fingerprint density at radius 1 is 1.15 bits per heavy atom. The topological polar surface area (TPSA) is 75.2 Å². The van der Waals surface area contributed by atoms with Gasteiger partial charge in [0.1, 0.15) is 5.82 Å². The summed E-state index contributed by atoms with van der Waals surface area (Å²) in [6.45, 7) is 3.86. The van der Waals surface area contributed by atoms with Crippen molar-refractivity contribution in [2.75, 3.05) is 20.1 Å². The van der Waals surface area contributed by atoms with Crippen LogP contribution in [-0.2, 0) is 5.75 Å². The molecule has 0 fully saturated rings. The van der Waals surface area contributed by atoms with E-state index in [2.05, 4.69) is 10.2 Å². The van der Waals surface area contributed by atoms with Gasteiger partial charge >= 0.3 is 0 Å². The molecule has 0 unspecified atom stereocenters. The molecule has 2 rings (SSSR count). The van der Waals surface area contributed by atoms with E-state index in [0.717, 1.165) is 28.4 Å². The number of hydrogen-bond donors (Lipinski definition) is 1. The first-order valence-electron chi connectivity index (χ1n) is 6.08. The lowest BCUT2D eigenvalue weighted by atomic mass is 10.1. The van der Waals surface area contributed by atoms with Crippen LogP contribution in [0.2, 0.25) is 0 Å². The summed E-state index contributed by atoms with van der Waals surface area (Å²) in [6, 6.07) is 3.94. The van der Waals surface area contributed by atoms with Crippen LogP contribution in [-0.4, -0.2) is 29.1 Å². The Bertz CT molecular complexity index is 613. The number of rotatable bonds is 5. The molecular formula is C13H18N4O2S. The van der Waals surface area contributed by atoms with E-state index in [0.29, 0.717) is 11.0 Å². The summed E-state index contributed by atoms with van der Waals surface area (Å²) >= 11 is 1.54. The molecule has 7 heteroatoms. The van der Waals surface area contributed by atoms with Gasteiger partial charge in [0.15, 0.2) is 11.5 Å². The Morgan fingerprint density at radius 3 is 2.35 bits per heavy atom. The zero-order valence-corrected chi connectivity index (χ0v) is 12.8. The van der Waals surface area contributed by atoms with Gasteiger partial charge in [-0.15, -0.1) is 10.2 Å². The van der Waals surface area contributed by atoms with Gasteiger partial charge in [0.2, 0.25) is 5.16 Å². The standard InChI is InChI=1S/C13H18N4O2S/c1-8-5-11(18-3)12(19-4)6-10(8)7-20-13-16-15-9(2)17(13)14/h5-6H,7,14H2,1-4H3. The predicted octanol–water partition coefficient (Wildman–Crippen LogP) is 1.92. The third kappa shape index (κ3) is 2.82. The number of thioether (sulfide) groups is 1. The van der Waals surface area contributed by atoms with E-state index in [-0.39, 0.29) is 0 Å². The molecule has 20 heavy (non-hydrogen) atoms. The smallest absolute Gasteiger partial charge is 0.210 e. The number of nitrogen functional groups attached to an aromatic ring is 1. The first kappa shape index (κ1) is 14.5. The van der Waals surface area contributed by atoms with Crippen LogP contribution in [0.4, 0.5) is 0 Å². The highest BCUT2D eigenvalue weighted by molar-refractivity contribution is 7.98. The van der Waals surface area contributed by atoms with Crippen LogP contribution in [0.1, 0.15) is 17.0 Å². The molecule has 0 aliphatic heterocycles. The average molecular weight is 294 g/mol. The quantitative estimate of drug-likeness (QED) is 0.671. The summed E-state index contributed by atoms with van der Waals surface area (Å²) in [5.41, 5.74) is 2.28. The summed E-state index contributed by atoms with van der Waals surface area (Å²) in [5.74, 6) is 8.72. The second-order valence-corrected chi connectivity index (χ2v) is 5.26. The van der Waals surface area contributed by atoms with Gasteiger partial charge in [-0.3, -0.25) is 0 Å². The number of nitrogens with two attached hydrogens (primary N) is 1. The van der Waals surface area contributed by atoms with Gasteiger partial charge in [-0.1, -0.05) is 11.8 Å². The van der Waals surface area contributed by atoms with Crippen LogP contribution in [0.5, 0.6) is 11.5 Å². The summed E-state index contributed by atoms with van der Waals surface area (Å²) in [6.07, 6.45) is 0. The van der Waals surface area contributed by atoms with Crippen molar-refractivity contribution in [3.8, 4) is 11.5 Å². The lowest BCUT2D eigenvalue weighted by molar-refractivity contribution is 0.354. The molecule has 2 aromatic rings. The summed E-state index contributed by atoms with van der Waals surface area (Å²) < 4.78 is 12.1. The largest absolute Gasteiger partial charge is 0.493 e. The van der Waals surface area contributed by atoms with Gasteiger partial charge in [-0.25, -0.2) is 4.68 Å². The van der Waals surface area contributed by atoms with Crippen molar-refractivity contribution in [1.82, 2.24) is 14.9 Å². The number of nitrogens with zero attached hydrogens (tertiary/aromatic N) is 3. The van der Waals surface area contributed by atoms with E-state index in [1.807, 2.05) is 26.0 Å². The molecule has 0 aliphatic rings. The lowest BCUT2D eigenvalue weighted by Gasteiger charge is -2.12. The molecule has 108 valence electrons. The average Bonchev–Trinajstić information content (AvgIpc) is 2.77. The highest BCUT2D eigenvalue weighted by Gasteiger charge is 2.11. The molecule has 1 aromatic heterocycles. The third-order valence-corrected chi connectivity index (χ3v) is 4.03. The molecule has 0 atom stereocenters. The maximum absolute atomic E-state index is 5.83. The maximum atomic E-state index is 5.83. The fraction of sp³-hybridized carbons (Fsp3) is 0.385. The lowest BCUT2D eigenvalue weighted by Crippen LogP contribution is -2.11. The fourth-order valence-corrected chi connectivity index (χ4v) is 2.73. The Kier molecular flexibility index (Phi) is 4.39. The van der Waals surface area contributed by atoms with E-state index in [4.69, 9.17) is 15.3 Å². The van der Waals surface area contributed by atoms with E-state index >= 15 is 0 Å². The Labute approximate surface area is 122 Å². The number of methoxy groups -OCH3 is 2. The number of hydrogen-bond acceptors (Lipinski definition) is 6. The van der Waals surface area contributed by atoms with Crippen molar-refractivity contribution in [2.24, 2.45) is 0 Å². The second-order valence-electron chi connectivity index (χ2n) is 4.32. The molecule has 0 spiro atoms. The van der Waals surface area contributed by atoms with Crippen LogP contribution < -0.4 is 15.3 Å². The number of ether oxygens (including phenoxy) is 2. The minimum Gasteiger partial charge on any atom is -0.493 e. The van der Waals surface area contributed by atoms with Crippen LogP contribution >= 0.6 is 11.8 Å². The molecule has 6 nitrogen and oxygen atoms in total. The van der Waals surface area contributed by atoms with Crippen LogP contribution in [0.25, 0.3) is 0 Å². The zero-order valence-electron chi connectivity index (χ0n) is 12.0.